The summed E-state index contributed by atoms with van der Waals surface area (Å²) in [6.45, 7) is 10.8. The summed E-state index contributed by atoms with van der Waals surface area (Å²) in [5, 5.41) is 2.94. The first-order valence-corrected chi connectivity index (χ1v) is 8.89. The number of hydrogen-bond donors (Lipinski definition) is 1. The number of carbonyl (C=O) groups excluding carboxylic acids is 2. The zero-order chi connectivity index (χ0) is 18.2. The molecule has 0 atom stereocenters. The van der Waals surface area contributed by atoms with Crippen LogP contribution >= 0.6 is 0 Å². The Morgan fingerprint density at radius 1 is 1.20 bits per heavy atom. The third-order valence-corrected chi connectivity index (χ3v) is 4.60. The predicted octanol–water partition coefficient (Wildman–Crippen LogP) is 1.49. The van der Waals surface area contributed by atoms with Gasteiger partial charge in [0.15, 0.2) is 0 Å². The normalized spacial score (nSPS) is 15.0. The summed E-state index contributed by atoms with van der Waals surface area (Å²) in [6, 6.07) is 5.93. The predicted molar refractivity (Wildman–Crippen MR) is 98.8 cm³/mol. The van der Waals surface area contributed by atoms with Crippen molar-refractivity contribution in [1.29, 1.82) is 0 Å². The molecule has 6 heteroatoms. The summed E-state index contributed by atoms with van der Waals surface area (Å²) in [4.78, 5) is 28.0. The number of benzene rings is 1. The zero-order valence-corrected chi connectivity index (χ0v) is 15.5. The second-order valence-electron chi connectivity index (χ2n) is 6.49. The molecule has 25 heavy (non-hydrogen) atoms. The van der Waals surface area contributed by atoms with Crippen molar-refractivity contribution in [3.63, 3.8) is 0 Å². The maximum Gasteiger partial charge on any atom is 0.223 e. The minimum absolute atomic E-state index is 0.0247. The lowest BCUT2D eigenvalue weighted by atomic mass is 10.1. The van der Waals surface area contributed by atoms with Gasteiger partial charge in [-0.3, -0.25) is 14.5 Å². The van der Waals surface area contributed by atoms with Gasteiger partial charge in [0.25, 0.3) is 0 Å². The molecule has 1 N–H and O–H groups in total. The Kier molecular flexibility index (Phi) is 7.40. The fourth-order valence-electron chi connectivity index (χ4n) is 2.84. The highest BCUT2D eigenvalue weighted by Gasteiger charge is 2.14. The summed E-state index contributed by atoms with van der Waals surface area (Å²) in [5.41, 5.74) is 3.17. The molecule has 1 aliphatic rings. The number of aryl methyl sites for hydroxylation is 2. The van der Waals surface area contributed by atoms with Gasteiger partial charge >= 0.3 is 0 Å². The van der Waals surface area contributed by atoms with Crippen molar-refractivity contribution < 1.29 is 14.3 Å². The number of morpholine rings is 1. The summed E-state index contributed by atoms with van der Waals surface area (Å²) < 4.78 is 5.31. The Labute approximate surface area is 150 Å². The van der Waals surface area contributed by atoms with Crippen molar-refractivity contribution in [2.24, 2.45) is 0 Å². The fraction of sp³-hybridized carbons (Fsp3) is 0.579. The molecule has 2 amide bonds. The lowest BCUT2D eigenvalue weighted by Gasteiger charge is -2.26. The van der Waals surface area contributed by atoms with E-state index in [9.17, 15) is 9.59 Å². The van der Waals surface area contributed by atoms with Gasteiger partial charge < -0.3 is 15.0 Å². The number of carbonyl (C=O) groups is 2. The van der Waals surface area contributed by atoms with E-state index in [2.05, 4.69) is 10.2 Å². The number of ether oxygens (including phenoxy) is 1. The average Bonchev–Trinajstić information content (AvgIpc) is 2.59. The first kappa shape index (κ1) is 19.4. The van der Waals surface area contributed by atoms with Crippen LogP contribution in [0.15, 0.2) is 18.2 Å². The molecule has 1 heterocycles. The van der Waals surface area contributed by atoms with Crippen LogP contribution < -0.4 is 10.2 Å². The van der Waals surface area contributed by atoms with Crippen LogP contribution in [0.25, 0.3) is 0 Å². The SMILES string of the molecule is CC(=O)N(CCC(=O)NCCN1CCOCC1)c1ccc(C)c(C)c1. The standard InChI is InChI=1S/C19H29N3O3/c1-15-4-5-18(14-16(15)2)22(17(3)23)8-6-19(24)20-7-9-21-10-12-25-13-11-21/h4-5,14H,6-13H2,1-3H3,(H,20,24). The summed E-state index contributed by atoms with van der Waals surface area (Å²) in [6.07, 6.45) is 0.301. The molecule has 0 aliphatic carbocycles. The number of rotatable bonds is 7. The molecular weight excluding hydrogens is 318 g/mol. The van der Waals surface area contributed by atoms with Crippen molar-refractivity contribution in [1.82, 2.24) is 10.2 Å². The lowest BCUT2D eigenvalue weighted by molar-refractivity contribution is -0.121. The monoisotopic (exact) mass is 347 g/mol. The number of nitrogens with zero attached hydrogens (tertiary/aromatic N) is 2. The topological polar surface area (TPSA) is 61.9 Å². The first-order chi connectivity index (χ1) is 12.0. The molecule has 0 radical (unpaired) electrons. The molecule has 0 spiro atoms. The molecular formula is C19H29N3O3. The van der Waals surface area contributed by atoms with Crippen LogP contribution in [0.1, 0.15) is 24.5 Å². The van der Waals surface area contributed by atoms with E-state index >= 15 is 0 Å². The molecule has 1 aliphatic heterocycles. The minimum Gasteiger partial charge on any atom is -0.379 e. The Balaban J connectivity index is 1.78. The second kappa shape index (κ2) is 9.53. The quantitative estimate of drug-likeness (QED) is 0.812. The van der Waals surface area contributed by atoms with E-state index in [1.54, 1.807) is 4.90 Å². The van der Waals surface area contributed by atoms with E-state index in [0.29, 0.717) is 19.5 Å². The Morgan fingerprint density at radius 3 is 2.56 bits per heavy atom. The number of nitrogens with one attached hydrogen (secondary N) is 1. The zero-order valence-electron chi connectivity index (χ0n) is 15.5. The third-order valence-electron chi connectivity index (χ3n) is 4.60. The van der Waals surface area contributed by atoms with E-state index < -0.39 is 0 Å². The fourth-order valence-corrected chi connectivity index (χ4v) is 2.84. The number of amides is 2. The van der Waals surface area contributed by atoms with Gasteiger partial charge in [0.1, 0.15) is 0 Å². The average molecular weight is 347 g/mol. The highest BCUT2D eigenvalue weighted by atomic mass is 16.5. The van der Waals surface area contributed by atoms with Crippen LogP contribution in [-0.2, 0) is 14.3 Å². The Bertz CT molecular complexity index is 598. The molecule has 1 fully saturated rings. The van der Waals surface area contributed by atoms with Crippen LogP contribution in [0.3, 0.4) is 0 Å². The van der Waals surface area contributed by atoms with E-state index in [0.717, 1.165) is 44.1 Å². The van der Waals surface area contributed by atoms with Crippen LogP contribution in [0.5, 0.6) is 0 Å². The van der Waals surface area contributed by atoms with E-state index in [1.807, 2.05) is 32.0 Å². The smallest absolute Gasteiger partial charge is 0.223 e. The van der Waals surface area contributed by atoms with E-state index in [-0.39, 0.29) is 11.8 Å². The number of hydrogen-bond acceptors (Lipinski definition) is 4. The van der Waals surface area contributed by atoms with Crippen molar-refractivity contribution in [2.75, 3.05) is 50.8 Å². The molecule has 1 saturated heterocycles. The third kappa shape index (κ3) is 6.14. The van der Waals surface area contributed by atoms with Gasteiger partial charge in [-0.05, 0) is 37.1 Å². The van der Waals surface area contributed by atoms with Crippen molar-refractivity contribution in [3.8, 4) is 0 Å². The molecule has 138 valence electrons. The molecule has 1 aromatic carbocycles. The van der Waals surface area contributed by atoms with Crippen LogP contribution in [0, 0.1) is 13.8 Å². The van der Waals surface area contributed by atoms with Crippen molar-refractivity contribution >= 4 is 17.5 Å². The molecule has 0 bridgehead atoms. The minimum atomic E-state index is -0.0515. The first-order valence-electron chi connectivity index (χ1n) is 8.89. The van der Waals surface area contributed by atoms with Gasteiger partial charge in [-0.25, -0.2) is 0 Å². The highest BCUT2D eigenvalue weighted by molar-refractivity contribution is 5.92. The van der Waals surface area contributed by atoms with Gasteiger partial charge in [0.05, 0.1) is 13.2 Å². The van der Waals surface area contributed by atoms with Crippen LogP contribution in [0.2, 0.25) is 0 Å². The number of anilines is 1. The largest absolute Gasteiger partial charge is 0.379 e. The highest BCUT2D eigenvalue weighted by Crippen LogP contribution is 2.19. The van der Waals surface area contributed by atoms with E-state index in [4.69, 9.17) is 4.74 Å². The molecule has 0 saturated carbocycles. The van der Waals surface area contributed by atoms with E-state index in [1.165, 1.54) is 12.5 Å². The lowest BCUT2D eigenvalue weighted by Crippen LogP contribution is -2.42. The van der Waals surface area contributed by atoms with Gasteiger partial charge in [-0.1, -0.05) is 6.07 Å². The van der Waals surface area contributed by atoms with Gasteiger partial charge in [-0.15, -0.1) is 0 Å². The molecule has 6 nitrogen and oxygen atoms in total. The van der Waals surface area contributed by atoms with Gasteiger partial charge in [-0.2, -0.15) is 0 Å². The van der Waals surface area contributed by atoms with Crippen LogP contribution in [0.4, 0.5) is 5.69 Å². The van der Waals surface area contributed by atoms with Gasteiger partial charge in [0, 0.05) is 51.8 Å². The van der Waals surface area contributed by atoms with Gasteiger partial charge in [0.2, 0.25) is 11.8 Å². The Hall–Kier alpha value is -1.92. The maximum atomic E-state index is 12.1. The molecule has 1 aromatic rings. The Morgan fingerprint density at radius 2 is 1.92 bits per heavy atom. The van der Waals surface area contributed by atoms with Crippen molar-refractivity contribution in [2.45, 2.75) is 27.2 Å². The maximum absolute atomic E-state index is 12.1. The van der Waals surface area contributed by atoms with Crippen molar-refractivity contribution in [3.05, 3.63) is 29.3 Å². The molecule has 2 rings (SSSR count). The summed E-state index contributed by atoms with van der Waals surface area (Å²) in [7, 11) is 0. The summed E-state index contributed by atoms with van der Waals surface area (Å²) in [5.74, 6) is -0.0762. The molecule has 0 aromatic heterocycles. The second-order valence-corrected chi connectivity index (χ2v) is 6.49. The summed E-state index contributed by atoms with van der Waals surface area (Å²) >= 11 is 0. The molecule has 0 unspecified atom stereocenters. The van der Waals surface area contributed by atoms with Crippen LogP contribution in [-0.4, -0.2) is 62.7 Å².